The highest BCUT2D eigenvalue weighted by Gasteiger charge is 2.39. The second-order valence-electron chi connectivity index (χ2n) is 7.31. The molecule has 1 aromatic heterocycles. The van der Waals surface area contributed by atoms with Gasteiger partial charge >= 0.3 is 5.69 Å². The SMILES string of the molecule is CC(C)C[C@H]1O[C@@H](n2ccc(N)nc2=O)CC1OC(C)(C)C. The van der Waals surface area contributed by atoms with Crippen molar-refractivity contribution in [2.45, 2.75) is 71.5 Å². The molecule has 1 aromatic rings. The van der Waals surface area contributed by atoms with Gasteiger partial charge < -0.3 is 15.2 Å². The quantitative estimate of drug-likeness (QED) is 0.923. The minimum absolute atomic E-state index is 0.0197. The Morgan fingerprint density at radius 3 is 2.73 bits per heavy atom. The molecule has 0 aliphatic carbocycles. The summed E-state index contributed by atoms with van der Waals surface area (Å²) in [5.74, 6) is 0.719. The third-order valence-electron chi connectivity index (χ3n) is 3.55. The van der Waals surface area contributed by atoms with Crippen molar-refractivity contribution in [1.82, 2.24) is 9.55 Å². The first-order chi connectivity index (χ1) is 10.2. The number of nitrogens with two attached hydrogens (primary N) is 1. The maximum absolute atomic E-state index is 12.0. The molecule has 1 aliphatic rings. The fourth-order valence-corrected chi connectivity index (χ4v) is 2.77. The van der Waals surface area contributed by atoms with Crippen LogP contribution in [0.25, 0.3) is 0 Å². The second kappa shape index (κ2) is 6.38. The minimum Gasteiger partial charge on any atom is -0.383 e. The smallest absolute Gasteiger partial charge is 0.351 e. The van der Waals surface area contributed by atoms with Crippen molar-refractivity contribution in [3.63, 3.8) is 0 Å². The third kappa shape index (κ3) is 4.30. The van der Waals surface area contributed by atoms with E-state index in [0.29, 0.717) is 12.3 Å². The normalized spacial score (nSPS) is 25.8. The van der Waals surface area contributed by atoms with Crippen molar-refractivity contribution < 1.29 is 9.47 Å². The molecule has 0 bridgehead atoms. The number of hydrogen-bond donors (Lipinski definition) is 1. The van der Waals surface area contributed by atoms with Crippen LogP contribution < -0.4 is 11.4 Å². The highest BCUT2D eigenvalue weighted by Crippen LogP contribution is 2.35. The molecule has 6 heteroatoms. The lowest BCUT2D eigenvalue weighted by Gasteiger charge is -2.28. The molecule has 1 fully saturated rings. The average molecular weight is 309 g/mol. The van der Waals surface area contributed by atoms with E-state index in [-0.39, 0.29) is 35.5 Å². The van der Waals surface area contributed by atoms with E-state index in [1.54, 1.807) is 12.3 Å². The maximum Gasteiger partial charge on any atom is 0.351 e. The Balaban J connectivity index is 2.20. The molecule has 124 valence electrons. The van der Waals surface area contributed by atoms with Crippen LogP contribution in [0.4, 0.5) is 5.82 Å². The lowest BCUT2D eigenvalue weighted by Crippen LogP contribution is -2.33. The second-order valence-corrected chi connectivity index (χ2v) is 7.31. The number of hydrogen-bond acceptors (Lipinski definition) is 5. The van der Waals surface area contributed by atoms with Crippen LogP contribution in [-0.4, -0.2) is 27.4 Å². The van der Waals surface area contributed by atoms with Crippen molar-refractivity contribution in [1.29, 1.82) is 0 Å². The molecule has 0 spiro atoms. The van der Waals surface area contributed by atoms with Gasteiger partial charge in [0.15, 0.2) is 0 Å². The molecule has 1 unspecified atom stereocenters. The van der Waals surface area contributed by atoms with E-state index in [1.807, 2.05) is 20.8 Å². The average Bonchev–Trinajstić information content (AvgIpc) is 2.68. The molecule has 1 aliphatic heterocycles. The Hall–Kier alpha value is -1.40. The minimum atomic E-state index is -0.385. The summed E-state index contributed by atoms with van der Waals surface area (Å²) in [4.78, 5) is 15.8. The van der Waals surface area contributed by atoms with Crippen LogP contribution in [0.5, 0.6) is 0 Å². The van der Waals surface area contributed by atoms with E-state index in [2.05, 4.69) is 18.8 Å². The lowest BCUT2D eigenvalue weighted by atomic mass is 10.0. The summed E-state index contributed by atoms with van der Waals surface area (Å²) in [6.45, 7) is 10.4. The summed E-state index contributed by atoms with van der Waals surface area (Å²) in [7, 11) is 0. The van der Waals surface area contributed by atoms with E-state index < -0.39 is 0 Å². The van der Waals surface area contributed by atoms with Gasteiger partial charge in [0.25, 0.3) is 0 Å². The fraction of sp³-hybridized carbons (Fsp3) is 0.750. The first-order valence-corrected chi connectivity index (χ1v) is 7.83. The van der Waals surface area contributed by atoms with Crippen LogP contribution in [-0.2, 0) is 9.47 Å². The van der Waals surface area contributed by atoms with Gasteiger partial charge in [0.2, 0.25) is 0 Å². The van der Waals surface area contributed by atoms with E-state index in [0.717, 1.165) is 6.42 Å². The number of aromatic nitrogens is 2. The summed E-state index contributed by atoms with van der Waals surface area (Å²) in [5.41, 5.74) is 4.91. The molecular formula is C16H27N3O3. The number of nitrogens with zero attached hydrogens (tertiary/aromatic N) is 2. The number of anilines is 1. The number of rotatable bonds is 4. The molecule has 6 nitrogen and oxygen atoms in total. The zero-order chi connectivity index (χ0) is 16.5. The molecule has 2 rings (SSSR count). The Kier molecular flexibility index (Phi) is 4.92. The van der Waals surface area contributed by atoms with Gasteiger partial charge in [-0.15, -0.1) is 0 Å². The molecule has 2 heterocycles. The Morgan fingerprint density at radius 1 is 1.50 bits per heavy atom. The van der Waals surface area contributed by atoms with Gasteiger partial charge in [-0.05, 0) is 39.2 Å². The van der Waals surface area contributed by atoms with E-state index in [4.69, 9.17) is 15.2 Å². The van der Waals surface area contributed by atoms with Crippen LogP contribution in [0.3, 0.4) is 0 Å². The van der Waals surface area contributed by atoms with Gasteiger partial charge in [-0.25, -0.2) is 4.79 Å². The van der Waals surface area contributed by atoms with Crippen molar-refractivity contribution in [2.24, 2.45) is 5.92 Å². The van der Waals surface area contributed by atoms with Crippen LogP contribution in [0.1, 0.15) is 53.7 Å². The zero-order valence-corrected chi connectivity index (χ0v) is 14.1. The van der Waals surface area contributed by atoms with Gasteiger partial charge in [0.1, 0.15) is 12.0 Å². The summed E-state index contributed by atoms with van der Waals surface area (Å²) in [6.07, 6.45) is 2.78. The summed E-state index contributed by atoms with van der Waals surface area (Å²) in [6, 6.07) is 1.61. The monoisotopic (exact) mass is 309 g/mol. The predicted molar refractivity (Wildman–Crippen MR) is 85.5 cm³/mol. The van der Waals surface area contributed by atoms with Crippen molar-refractivity contribution in [2.75, 3.05) is 5.73 Å². The molecule has 3 atom stereocenters. The van der Waals surface area contributed by atoms with Crippen LogP contribution in [0.15, 0.2) is 17.1 Å². The first kappa shape index (κ1) is 17.0. The van der Waals surface area contributed by atoms with Crippen LogP contribution in [0, 0.1) is 5.92 Å². The summed E-state index contributed by atoms with van der Waals surface area (Å²) < 4.78 is 13.7. The topological polar surface area (TPSA) is 79.4 Å². The highest BCUT2D eigenvalue weighted by atomic mass is 16.6. The van der Waals surface area contributed by atoms with E-state index in [9.17, 15) is 4.79 Å². The van der Waals surface area contributed by atoms with Crippen molar-refractivity contribution >= 4 is 5.82 Å². The molecule has 22 heavy (non-hydrogen) atoms. The number of ether oxygens (including phenoxy) is 2. The predicted octanol–water partition coefficient (Wildman–Crippen LogP) is 2.34. The number of nitrogen functional groups attached to an aromatic ring is 1. The molecule has 0 saturated carbocycles. The largest absolute Gasteiger partial charge is 0.383 e. The van der Waals surface area contributed by atoms with Gasteiger partial charge in [0.05, 0.1) is 17.8 Å². The first-order valence-electron chi connectivity index (χ1n) is 7.83. The molecule has 0 amide bonds. The third-order valence-corrected chi connectivity index (χ3v) is 3.55. The maximum atomic E-state index is 12.0. The molecule has 0 radical (unpaired) electrons. The highest BCUT2D eigenvalue weighted by molar-refractivity contribution is 5.23. The molecule has 2 N–H and O–H groups in total. The summed E-state index contributed by atoms with van der Waals surface area (Å²) >= 11 is 0. The standard InChI is InChI=1S/C16H27N3O3/c1-10(2)8-11-12(22-16(3,4)5)9-14(21-11)19-7-6-13(17)18-15(19)20/h6-7,10-12,14H,8-9H2,1-5H3,(H2,17,18,20)/t11-,12?,14-/m1/s1. The van der Waals surface area contributed by atoms with Gasteiger partial charge in [-0.3, -0.25) is 4.57 Å². The molecular weight excluding hydrogens is 282 g/mol. The van der Waals surface area contributed by atoms with Crippen LogP contribution in [0.2, 0.25) is 0 Å². The lowest BCUT2D eigenvalue weighted by molar-refractivity contribution is -0.0981. The zero-order valence-electron chi connectivity index (χ0n) is 14.1. The van der Waals surface area contributed by atoms with Crippen molar-refractivity contribution in [3.8, 4) is 0 Å². The molecule has 0 aromatic carbocycles. The van der Waals surface area contributed by atoms with E-state index >= 15 is 0 Å². The van der Waals surface area contributed by atoms with E-state index in [1.165, 1.54) is 4.57 Å². The van der Waals surface area contributed by atoms with Crippen molar-refractivity contribution in [3.05, 3.63) is 22.7 Å². The summed E-state index contributed by atoms with van der Waals surface area (Å²) in [5, 5.41) is 0. The van der Waals surface area contributed by atoms with Gasteiger partial charge in [0, 0.05) is 12.6 Å². The van der Waals surface area contributed by atoms with Gasteiger partial charge in [-0.2, -0.15) is 4.98 Å². The molecule has 1 saturated heterocycles. The fourth-order valence-electron chi connectivity index (χ4n) is 2.77. The Morgan fingerprint density at radius 2 is 2.18 bits per heavy atom. The van der Waals surface area contributed by atoms with Gasteiger partial charge in [-0.1, -0.05) is 13.8 Å². The van der Waals surface area contributed by atoms with Crippen LogP contribution >= 0.6 is 0 Å². The Labute approximate surface area is 131 Å². The Bertz CT molecular complexity index is 562.